The fourth-order valence-electron chi connectivity index (χ4n) is 2.62. The third kappa shape index (κ3) is 5.41. The Morgan fingerprint density at radius 1 is 0.750 bits per heavy atom. The largest absolute Gasteiger partial charge is 0.338 e. The fourth-order valence-corrected chi connectivity index (χ4v) is 2.62. The maximum Gasteiger partial charge on any atom is 0.319 e. The van der Waals surface area contributed by atoms with Crippen molar-refractivity contribution in [2.75, 3.05) is 17.2 Å². The van der Waals surface area contributed by atoms with Gasteiger partial charge in [-0.05, 0) is 54.4 Å². The molecule has 0 spiro atoms. The highest BCUT2D eigenvalue weighted by Gasteiger charge is 2.07. The first-order chi connectivity index (χ1) is 13.6. The minimum absolute atomic E-state index is 0.230. The highest BCUT2D eigenvalue weighted by molar-refractivity contribution is 6.04. The molecule has 0 radical (unpaired) electrons. The van der Waals surface area contributed by atoms with E-state index in [-0.39, 0.29) is 11.7 Å². The van der Waals surface area contributed by atoms with E-state index in [1.165, 1.54) is 6.07 Å². The molecule has 0 saturated heterocycles. The van der Waals surface area contributed by atoms with Gasteiger partial charge in [0.15, 0.2) is 0 Å². The molecule has 3 N–H and O–H groups in total. The molecule has 3 amide bonds. The van der Waals surface area contributed by atoms with Crippen molar-refractivity contribution in [2.45, 2.75) is 6.42 Å². The van der Waals surface area contributed by atoms with Crippen LogP contribution in [0.15, 0.2) is 78.9 Å². The van der Waals surface area contributed by atoms with Gasteiger partial charge in [-0.15, -0.1) is 0 Å². The number of benzene rings is 3. The van der Waals surface area contributed by atoms with Crippen molar-refractivity contribution < 1.29 is 14.0 Å². The second-order valence-corrected chi connectivity index (χ2v) is 6.12. The van der Waals surface area contributed by atoms with Crippen LogP contribution < -0.4 is 16.0 Å². The molecule has 6 heteroatoms. The molecular weight excluding hydrogens is 357 g/mol. The highest BCUT2D eigenvalue weighted by Crippen LogP contribution is 2.12. The normalized spacial score (nSPS) is 10.2. The average molecular weight is 377 g/mol. The molecule has 0 fully saturated rings. The SMILES string of the molecule is O=C(NCCc1ccccc1F)Nc1ccc(C(=O)Nc2ccccc2)cc1. The highest BCUT2D eigenvalue weighted by atomic mass is 19.1. The van der Waals surface area contributed by atoms with Crippen molar-refractivity contribution in [3.63, 3.8) is 0 Å². The lowest BCUT2D eigenvalue weighted by Gasteiger charge is -2.09. The van der Waals surface area contributed by atoms with Crippen LogP contribution in [0, 0.1) is 5.82 Å². The number of urea groups is 1. The van der Waals surface area contributed by atoms with Gasteiger partial charge in [0.2, 0.25) is 0 Å². The van der Waals surface area contributed by atoms with E-state index in [2.05, 4.69) is 16.0 Å². The molecule has 0 heterocycles. The molecule has 0 unspecified atom stereocenters. The summed E-state index contributed by atoms with van der Waals surface area (Å²) in [6.45, 7) is 0.310. The standard InChI is InChI=1S/C22H20FN3O2/c23-20-9-5-4-6-16(20)14-15-24-22(28)26-19-12-10-17(11-13-19)21(27)25-18-7-2-1-3-8-18/h1-13H,14-15H2,(H,25,27)(H2,24,26,28). The first kappa shape index (κ1) is 19.1. The smallest absolute Gasteiger partial charge is 0.319 e. The first-order valence-corrected chi connectivity index (χ1v) is 8.86. The van der Waals surface area contributed by atoms with Crippen LogP contribution in [0.5, 0.6) is 0 Å². The van der Waals surface area contributed by atoms with E-state index >= 15 is 0 Å². The van der Waals surface area contributed by atoms with Crippen molar-refractivity contribution in [1.29, 1.82) is 0 Å². The van der Waals surface area contributed by atoms with Gasteiger partial charge in [0.1, 0.15) is 5.82 Å². The van der Waals surface area contributed by atoms with E-state index in [1.807, 2.05) is 18.2 Å². The van der Waals surface area contributed by atoms with Crippen LogP contribution in [0.3, 0.4) is 0 Å². The number of nitrogens with one attached hydrogen (secondary N) is 3. The summed E-state index contributed by atoms with van der Waals surface area (Å²) >= 11 is 0. The molecule has 3 aromatic rings. The third-order valence-electron chi connectivity index (χ3n) is 4.07. The number of hydrogen-bond acceptors (Lipinski definition) is 2. The summed E-state index contributed by atoms with van der Waals surface area (Å²) in [5.41, 5.74) is 2.30. The predicted molar refractivity (Wildman–Crippen MR) is 108 cm³/mol. The Labute approximate surface area is 162 Å². The second-order valence-electron chi connectivity index (χ2n) is 6.12. The third-order valence-corrected chi connectivity index (χ3v) is 4.07. The summed E-state index contributed by atoms with van der Waals surface area (Å²) < 4.78 is 13.5. The zero-order valence-corrected chi connectivity index (χ0v) is 15.1. The van der Waals surface area contributed by atoms with Gasteiger partial charge in [0.05, 0.1) is 0 Å². The summed E-state index contributed by atoms with van der Waals surface area (Å²) in [4.78, 5) is 24.2. The Morgan fingerprint density at radius 2 is 1.39 bits per heavy atom. The quantitative estimate of drug-likeness (QED) is 0.594. The maximum atomic E-state index is 13.5. The van der Waals surface area contributed by atoms with Crippen molar-refractivity contribution in [1.82, 2.24) is 5.32 Å². The van der Waals surface area contributed by atoms with Gasteiger partial charge in [-0.25, -0.2) is 9.18 Å². The minimum atomic E-state index is -0.391. The molecule has 0 aromatic heterocycles. The molecule has 3 aromatic carbocycles. The van der Waals surface area contributed by atoms with E-state index in [9.17, 15) is 14.0 Å². The Balaban J connectivity index is 1.47. The lowest BCUT2D eigenvalue weighted by molar-refractivity contribution is 0.102. The van der Waals surface area contributed by atoms with E-state index in [4.69, 9.17) is 0 Å². The summed E-state index contributed by atoms with van der Waals surface area (Å²) in [7, 11) is 0. The molecule has 3 rings (SSSR count). The van der Waals surface area contributed by atoms with Gasteiger partial charge in [-0.1, -0.05) is 36.4 Å². The Morgan fingerprint density at radius 3 is 2.11 bits per heavy atom. The second kappa shape index (κ2) is 9.32. The Bertz CT molecular complexity index is 944. The number of carbonyl (C=O) groups excluding carboxylic acids is 2. The molecule has 5 nitrogen and oxygen atoms in total. The van der Waals surface area contributed by atoms with Crippen molar-refractivity contribution in [2.24, 2.45) is 0 Å². The summed E-state index contributed by atoms with van der Waals surface area (Å²) in [5, 5.41) is 8.16. The van der Waals surface area contributed by atoms with E-state index in [0.29, 0.717) is 35.5 Å². The van der Waals surface area contributed by atoms with Gasteiger partial charge in [-0.3, -0.25) is 4.79 Å². The molecule has 0 aliphatic carbocycles. The van der Waals surface area contributed by atoms with Crippen LogP contribution in [-0.4, -0.2) is 18.5 Å². The first-order valence-electron chi connectivity index (χ1n) is 8.86. The zero-order chi connectivity index (χ0) is 19.8. The number of halogens is 1. The van der Waals surface area contributed by atoms with Gasteiger partial charge < -0.3 is 16.0 Å². The zero-order valence-electron chi connectivity index (χ0n) is 15.1. The van der Waals surface area contributed by atoms with Gasteiger partial charge in [0.25, 0.3) is 5.91 Å². The molecule has 0 atom stereocenters. The van der Waals surface area contributed by atoms with Crippen LogP contribution in [0.2, 0.25) is 0 Å². The van der Waals surface area contributed by atoms with Crippen LogP contribution in [0.4, 0.5) is 20.6 Å². The fraction of sp³-hybridized carbons (Fsp3) is 0.0909. The number of para-hydroxylation sites is 1. The average Bonchev–Trinajstić information content (AvgIpc) is 2.71. The Kier molecular flexibility index (Phi) is 6.36. The van der Waals surface area contributed by atoms with Crippen LogP contribution >= 0.6 is 0 Å². The van der Waals surface area contributed by atoms with Crippen molar-refractivity contribution >= 4 is 23.3 Å². The lowest BCUT2D eigenvalue weighted by atomic mass is 10.1. The topological polar surface area (TPSA) is 70.2 Å². The summed E-state index contributed by atoms with van der Waals surface area (Å²) in [6, 6.07) is 21.8. The molecule has 0 saturated carbocycles. The van der Waals surface area contributed by atoms with E-state index in [0.717, 1.165) is 0 Å². The monoisotopic (exact) mass is 377 g/mol. The summed E-state index contributed by atoms with van der Waals surface area (Å²) in [6.07, 6.45) is 0.401. The molecule has 28 heavy (non-hydrogen) atoms. The summed E-state index contributed by atoms with van der Waals surface area (Å²) in [5.74, 6) is -0.513. The molecule has 0 aliphatic rings. The lowest BCUT2D eigenvalue weighted by Crippen LogP contribution is -2.30. The van der Waals surface area contributed by atoms with Gasteiger partial charge in [0, 0.05) is 23.5 Å². The van der Waals surface area contributed by atoms with Gasteiger partial charge in [-0.2, -0.15) is 0 Å². The number of carbonyl (C=O) groups is 2. The molecule has 0 bridgehead atoms. The van der Waals surface area contributed by atoms with Crippen LogP contribution in [0.25, 0.3) is 0 Å². The van der Waals surface area contributed by atoms with E-state index < -0.39 is 6.03 Å². The molecule has 0 aliphatic heterocycles. The predicted octanol–water partition coefficient (Wildman–Crippen LogP) is 4.44. The van der Waals surface area contributed by atoms with Crippen molar-refractivity contribution in [3.05, 3.63) is 95.8 Å². The molecular formula is C22H20FN3O2. The Hall–Kier alpha value is -3.67. The van der Waals surface area contributed by atoms with Gasteiger partial charge >= 0.3 is 6.03 Å². The van der Waals surface area contributed by atoms with Crippen molar-refractivity contribution in [3.8, 4) is 0 Å². The van der Waals surface area contributed by atoms with Crippen LogP contribution in [0.1, 0.15) is 15.9 Å². The maximum absolute atomic E-state index is 13.5. The number of amides is 3. The minimum Gasteiger partial charge on any atom is -0.338 e. The van der Waals surface area contributed by atoms with Crippen LogP contribution in [-0.2, 0) is 6.42 Å². The molecule has 142 valence electrons. The number of rotatable bonds is 6. The van der Waals surface area contributed by atoms with E-state index in [1.54, 1.807) is 54.6 Å². The number of hydrogen-bond donors (Lipinski definition) is 3. The number of anilines is 2.